The van der Waals surface area contributed by atoms with Crippen molar-refractivity contribution in [3.63, 3.8) is 0 Å². The normalized spacial score (nSPS) is 21.0. The van der Waals surface area contributed by atoms with Gasteiger partial charge in [-0.1, -0.05) is 18.9 Å². The number of benzene rings is 1. The minimum atomic E-state index is -0.00832. The molecule has 0 saturated heterocycles. The minimum absolute atomic E-state index is 0. The van der Waals surface area contributed by atoms with Crippen LogP contribution in [-0.4, -0.2) is 35.8 Å². The number of methoxy groups -OCH3 is 2. The van der Waals surface area contributed by atoms with E-state index in [1.165, 1.54) is 0 Å². The third-order valence-corrected chi connectivity index (χ3v) is 5.65. The molecule has 1 aliphatic heterocycles. The molecular weight excluding hydrogens is 390 g/mol. The van der Waals surface area contributed by atoms with Crippen molar-refractivity contribution in [3.05, 3.63) is 53.9 Å². The Morgan fingerprint density at radius 3 is 2.52 bits per heavy atom. The van der Waals surface area contributed by atoms with Gasteiger partial charge in [0.25, 0.3) is 0 Å². The molecule has 2 aromatic rings. The van der Waals surface area contributed by atoms with Crippen LogP contribution in [0.1, 0.15) is 36.8 Å². The van der Waals surface area contributed by atoms with Crippen molar-refractivity contribution in [2.45, 2.75) is 32.2 Å². The van der Waals surface area contributed by atoms with Crippen molar-refractivity contribution in [3.8, 4) is 11.5 Å². The number of fused-ring (bicyclic) bond motifs is 1. The number of ether oxygens (including phenoxy) is 2. The zero-order valence-electron chi connectivity index (χ0n) is 16.7. The molecule has 1 aromatic carbocycles. The molecule has 2 aliphatic rings. The number of hydrogen-bond acceptors (Lipinski definition) is 5. The predicted octanol–water partition coefficient (Wildman–Crippen LogP) is 4.07. The lowest BCUT2D eigenvalue weighted by Gasteiger charge is -2.38. The second-order valence-corrected chi connectivity index (χ2v) is 7.31. The molecule has 29 heavy (non-hydrogen) atoms. The van der Waals surface area contributed by atoms with Gasteiger partial charge in [-0.15, -0.1) is 12.4 Å². The fourth-order valence-electron chi connectivity index (χ4n) is 4.24. The quantitative estimate of drug-likeness (QED) is 0.738. The van der Waals surface area contributed by atoms with E-state index in [1.54, 1.807) is 31.6 Å². The van der Waals surface area contributed by atoms with Crippen LogP contribution in [0.5, 0.6) is 11.5 Å². The van der Waals surface area contributed by atoms with E-state index in [1.807, 2.05) is 30.3 Å². The highest BCUT2D eigenvalue weighted by molar-refractivity contribution is 6.07. The van der Waals surface area contributed by atoms with Crippen LogP contribution in [-0.2, 0) is 11.3 Å². The highest BCUT2D eigenvalue weighted by Gasteiger charge is 2.41. The standard InChI is InChI=1S/C22H25N3O3.ClH/c1-27-19-10-9-16(12-20(19)28-2)21-17-7-3-4-8-18(17)22(26)25(24-21)14-15-6-5-11-23-13-15;/h5-6,9-13,17-18H,3-4,7-8,14H2,1-2H3;1H/t17-,18+;/m1./s1. The number of hydrogen-bond donors (Lipinski definition) is 0. The maximum Gasteiger partial charge on any atom is 0.246 e. The fraction of sp³-hybridized carbons (Fsp3) is 0.409. The van der Waals surface area contributed by atoms with E-state index in [0.29, 0.717) is 18.0 Å². The minimum Gasteiger partial charge on any atom is -0.493 e. The number of rotatable bonds is 5. The summed E-state index contributed by atoms with van der Waals surface area (Å²) in [5.41, 5.74) is 2.92. The number of carbonyl (C=O) groups excluding carboxylic acids is 1. The van der Waals surface area contributed by atoms with Crippen LogP contribution in [0.4, 0.5) is 0 Å². The van der Waals surface area contributed by atoms with Crippen molar-refractivity contribution >= 4 is 24.0 Å². The fourth-order valence-corrected chi connectivity index (χ4v) is 4.24. The molecule has 7 heteroatoms. The molecule has 0 N–H and O–H groups in total. The summed E-state index contributed by atoms with van der Waals surface area (Å²) in [6, 6.07) is 9.71. The van der Waals surface area contributed by atoms with E-state index in [4.69, 9.17) is 14.6 Å². The predicted molar refractivity (Wildman–Crippen MR) is 114 cm³/mol. The first-order valence-corrected chi connectivity index (χ1v) is 9.72. The molecule has 1 saturated carbocycles. The van der Waals surface area contributed by atoms with Crippen LogP contribution >= 0.6 is 12.4 Å². The Labute approximate surface area is 177 Å². The van der Waals surface area contributed by atoms with Crippen LogP contribution in [0.15, 0.2) is 47.8 Å². The van der Waals surface area contributed by atoms with E-state index in [0.717, 1.165) is 42.5 Å². The van der Waals surface area contributed by atoms with Gasteiger partial charge in [0, 0.05) is 29.8 Å². The number of carbonyl (C=O) groups is 1. The van der Waals surface area contributed by atoms with Gasteiger partial charge in [0.05, 0.1) is 26.5 Å². The van der Waals surface area contributed by atoms with Gasteiger partial charge < -0.3 is 9.47 Å². The Morgan fingerprint density at radius 1 is 1.07 bits per heavy atom. The molecule has 1 fully saturated rings. The van der Waals surface area contributed by atoms with E-state index in [9.17, 15) is 4.79 Å². The van der Waals surface area contributed by atoms with Gasteiger partial charge in [-0.3, -0.25) is 9.78 Å². The van der Waals surface area contributed by atoms with E-state index < -0.39 is 0 Å². The summed E-state index contributed by atoms with van der Waals surface area (Å²) in [4.78, 5) is 17.3. The average Bonchev–Trinajstić information content (AvgIpc) is 2.76. The Bertz CT molecular complexity index is 888. The summed E-state index contributed by atoms with van der Waals surface area (Å²) in [5, 5.41) is 6.44. The molecule has 2 atom stereocenters. The molecule has 2 heterocycles. The topological polar surface area (TPSA) is 64.0 Å². The SMILES string of the molecule is COc1ccc(C2=NN(Cc3cccnc3)C(=O)[C@H]3CCCC[C@@H]23)cc1OC.Cl. The number of aromatic nitrogens is 1. The van der Waals surface area contributed by atoms with Gasteiger partial charge in [-0.2, -0.15) is 5.10 Å². The Balaban J connectivity index is 0.00000240. The number of amides is 1. The zero-order chi connectivity index (χ0) is 19.5. The first kappa shape index (κ1) is 21.1. The molecule has 1 aromatic heterocycles. The third-order valence-electron chi connectivity index (χ3n) is 5.65. The lowest BCUT2D eigenvalue weighted by molar-refractivity contribution is -0.139. The van der Waals surface area contributed by atoms with Crippen molar-refractivity contribution in [1.82, 2.24) is 9.99 Å². The van der Waals surface area contributed by atoms with Gasteiger partial charge in [0.1, 0.15) is 0 Å². The highest BCUT2D eigenvalue weighted by atomic mass is 35.5. The first-order chi connectivity index (χ1) is 13.7. The second-order valence-electron chi connectivity index (χ2n) is 7.31. The molecule has 6 nitrogen and oxygen atoms in total. The van der Waals surface area contributed by atoms with Crippen LogP contribution in [0.3, 0.4) is 0 Å². The molecule has 0 bridgehead atoms. The number of halogens is 1. The van der Waals surface area contributed by atoms with Crippen molar-refractivity contribution in [1.29, 1.82) is 0 Å². The molecule has 154 valence electrons. The van der Waals surface area contributed by atoms with Crippen LogP contribution in [0, 0.1) is 11.8 Å². The van der Waals surface area contributed by atoms with E-state index >= 15 is 0 Å². The molecule has 0 unspecified atom stereocenters. The smallest absolute Gasteiger partial charge is 0.246 e. The van der Waals surface area contributed by atoms with Gasteiger partial charge in [-0.05, 0) is 42.7 Å². The average molecular weight is 416 g/mol. The summed E-state index contributed by atoms with van der Waals surface area (Å²) in [6.45, 7) is 0.437. The Hall–Kier alpha value is -2.60. The molecule has 4 rings (SSSR count). The summed E-state index contributed by atoms with van der Waals surface area (Å²) < 4.78 is 10.8. The lowest BCUT2D eigenvalue weighted by atomic mass is 9.73. The van der Waals surface area contributed by atoms with Crippen molar-refractivity contribution < 1.29 is 14.3 Å². The van der Waals surface area contributed by atoms with Gasteiger partial charge in [0.2, 0.25) is 5.91 Å². The van der Waals surface area contributed by atoms with Crippen LogP contribution in [0.25, 0.3) is 0 Å². The summed E-state index contributed by atoms with van der Waals surface area (Å²) in [7, 11) is 3.26. The van der Waals surface area contributed by atoms with Crippen LogP contribution in [0.2, 0.25) is 0 Å². The lowest BCUT2D eigenvalue weighted by Crippen LogP contribution is -2.45. The molecular formula is C22H26ClN3O3. The maximum absolute atomic E-state index is 13.1. The largest absolute Gasteiger partial charge is 0.493 e. The summed E-state index contributed by atoms with van der Waals surface area (Å²) in [6.07, 6.45) is 7.64. The summed E-state index contributed by atoms with van der Waals surface area (Å²) in [5.74, 6) is 1.63. The highest BCUT2D eigenvalue weighted by Crippen LogP contribution is 2.39. The maximum atomic E-state index is 13.1. The van der Waals surface area contributed by atoms with Crippen molar-refractivity contribution in [2.75, 3.05) is 14.2 Å². The number of nitrogens with zero attached hydrogens (tertiary/aromatic N) is 3. The van der Waals surface area contributed by atoms with E-state index in [2.05, 4.69) is 4.98 Å². The number of hydrazone groups is 1. The van der Waals surface area contributed by atoms with Crippen molar-refractivity contribution in [2.24, 2.45) is 16.9 Å². The Kier molecular flexibility index (Phi) is 6.75. The first-order valence-electron chi connectivity index (χ1n) is 9.72. The van der Waals surface area contributed by atoms with Gasteiger partial charge in [-0.25, -0.2) is 5.01 Å². The Morgan fingerprint density at radius 2 is 1.83 bits per heavy atom. The number of pyridine rings is 1. The molecule has 0 radical (unpaired) electrons. The monoisotopic (exact) mass is 415 g/mol. The van der Waals surface area contributed by atoms with Gasteiger partial charge >= 0.3 is 0 Å². The molecule has 0 spiro atoms. The second kappa shape index (κ2) is 9.27. The van der Waals surface area contributed by atoms with E-state index in [-0.39, 0.29) is 30.2 Å². The van der Waals surface area contributed by atoms with Crippen LogP contribution < -0.4 is 9.47 Å². The summed E-state index contributed by atoms with van der Waals surface area (Å²) >= 11 is 0. The zero-order valence-corrected chi connectivity index (χ0v) is 17.5. The molecule has 1 aliphatic carbocycles. The molecule has 1 amide bonds. The third kappa shape index (κ3) is 4.22. The van der Waals surface area contributed by atoms with Gasteiger partial charge in [0.15, 0.2) is 11.5 Å².